The summed E-state index contributed by atoms with van der Waals surface area (Å²) >= 11 is 1.37. The fraction of sp³-hybridized carbons (Fsp3) is 0.316. The van der Waals surface area contributed by atoms with Crippen LogP contribution in [0.2, 0.25) is 0 Å². The van der Waals surface area contributed by atoms with Crippen LogP contribution >= 0.6 is 11.3 Å². The molecule has 0 radical (unpaired) electrons. The van der Waals surface area contributed by atoms with Crippen molar-refractivity contribution < 1.29 is 14.7 Å². The molecule has 0 bridgehead atoms. The summed E-state index contributed by atoms with van der Waals surface area (Å²) in [5.74, 6) is -1.13. The average Bonchev–Trinajstić information content (AvgIpc) is 3.31. The Labute approximate surface area is 154 Å². The molecule has 7 heteroatoms. The standard InChI is InChI=1S/C19H19N3O3S/c1-11-6-3-4-7-14(11)22-18-13(12(2)20-22)10-16(26-18)17(23)21-9-5-8-15(21)19(24)25/h3-4,6-7,10,15H,5,8-9H2,1-2H3,(H,24,25). The molecule has 1 aliphatic rings. The Morgan fingerprint density at radius 2 is 2.04 bits per heavy atom. The molecule has 3 heterocycles. The lowest BCUT2D eigenvalue weighted by Crippen LogP contribution is -2.40. The first-order valence-corrected chi connectivity index (χ1v) is 9.38. The van der Waals surface area contributed by atoms with E-state index in [1.54, 1.807) is 0 Å². The Morgan fingerprint density at radius 1 is 1.27 bits per heavy atom. The largest absolute Gasteiger partial charge is 0.480 e. The van der Waals surface area contributed by atoms with E-state index in [1.165, 1.54) is 16.2 Å². The number of fused-ring (bicyclic) bond motifs is 1. The zero-order valence-electron chi connectivity index (χ0n) is 14.6. The van der Waals surface area contributed by atoms with Crippen molar-refractivity contribution in [1.29, 1.82) is 0 Å². The number of rotatable bonds is 3. The van der Waals surface area contributed by atoms with Gasteiger partial charge in [-0.25, -0.2) is 9.48 Å². The molecule has 2 aromatic heterocycles. The molecule has 1 N–H and O–H groups in total. The van der Waals surface area contributed by atoms with Gasteiger partial charge in [0.15, 0.2) is 0 Å². The van der Waals surface area contributed by atoms with Crippen molar-refractivity contribution in [3.8, 4) is 5.69 Å². The average molecular weight is 369 g/mol. The van der Waals surface area contributed by atoms with E-state index in [0.29, 0.717) is 17.8 Å². The summed E-state index contributed by atoms with van der Waals surface area (Å²) < 4.78 is 1.88. The summed E-state index contributed by atoms with van der Waals surface area (Å²) in [6, 6.07) is 9.10. The third-order valence-corrected chi connectivity index (χ3v) is 6.00. The molecular weight excluding hydrogens is 350 g/mol. The monoisotopic (exact) mass is 369 g/mol. The van der Waals surface area contributed by atoms with E-state index in [0.717, 1.165) is 33.6 Å². The van der Waals surface area contributed by atoms with E-state index in [4.69, 9.17) is 0 Å². The third kappa shape index (κ3) is 2.59. The maximum Gasteiger partial charge on any atom is 0.326 e. The topological polar surface area (TPSA) is 75.4 Å². The van der Waals surface area contributed by atoms with Crippen molar-refractivity contribution in [2.75, 3.05) is 6.54 Å². The summed E-state index contributed by atoms with van der Waals surface area (Å²) in [6.45, 7) is 4.44. The van der Waals surface area contributed by atoms with E-state index >= 15 is 0 Å². The Bertz CT molecular complexity index is 1020. The Kier molecular flexibility index (Phi) is 4.03. The van der Waals surface area contributed by atoms with Crippen molar-refractivity contribution in [3.05, 3.63) is 46.5 Å². The number of aromatic nitrogens is 2. The maximum atomic E-state index is 12.9. The summed E-state index contributed by atoms with van der Waals surface area (Å²) in [4.78, 5) is 27.2. The smallest absolute Gasteiger partial charge is 0.326 e. The molecule has 1 saturated heterocycles. The number of hydrogen-bond donors (Lipinski definition) is 1. The summed E-state index contributed by atoms with van der Waals surface area (Å²) in [5.41, 5.74) is 2.94. The second kappa shape index (κ2) is 6.25. The van der Waals surface area contributed by atoms with Crippen LogP contribution in [-0.2, 0) is 4.79 Å². The number of hydrogen-bond acceptors (Lipinski definition) is 4. The minimum Gasteiger partial charge on any atom is -0.480 e. The molecule has 0 saturated carbocycles. The van der Waals surface area contributed by atoms with E-state index < -0.39 is 12.0 Å². The van der Waals surface area contributed by atoms with Gasteiger partial charge in [0.1, 0.15) is 10.9 Å². The number of carboxylic acids is 1. The van der Waals surface area contributed by atoms with Crippen molar-refractivity contribution in [2.24, 2.45) is 0 Å². The van der Waals surface area contributed by atoms with Crippen LogP contribution in [-0.4, -0.2) is 44.3 Å². The number of likely N-dealkylation sites (tertiary alicyclic amines) is 1. The molecule has 4 rings (SSSR count). The number of carbonyl (C=O) groups excluding carboxylic acids is 1. The predicted octanol–water partition coefficient (Wildman–Crippen LogP) is 3.39. The fourth-order valence-electron chi connectivity index (χ4n) is 3.53. The van der Waals surface area contributed by atoms with Gasteiger partial charge < -0.3 is 10.0 Å². The van der Waals surface area contributed by atoms with E-state index in [-0.39, 0.29) is 5.91 Å². The molecule has 1 fully saturated rings. The van der Waals surface area contributed by atoms with Gasteiger partial charge in [-0.2, -0.15) is 5.10 Å². The number of carboxylic acid groups (broad SMARTS) is 1. The number of nitrogens with zero attached hydrogens (tertiary/aromatic N) is 3. The molecule has 0 spiro atoms. The molecule has 134 valence electrons. The third-order valence-electron chi connectivity index (χ3n) is 4.90. The predicted molar refractivity (Wildman–Crippen MR) is 100 cm³/mol. The molecule has 0 aliphatic carbocycles. The highest BCUT2D eigenvalue weighted by molar-refractivity contribution is 7.20. The summed E-state index contributed by atoms with van der Waals surface area (Å²) in [6.07, 6.45) is 1.24. The van der Waals surface area contributed by atoms with Crippen molar-refractivity contribution in [2.45, 2.75) is 32.7 Å². The summed E-state index contributed by atoms with van der Waals surface area (Å²) in [7, 11) is 0. The van der Waals surface area contributed by atoms with Crippen LogP contribution < -0.4 is 0 Å². The van der Waals surface area contributed by atoms with Crippen LogP contribution in [0.15, 0.2) is 30.3 Å². The molecule has 3 aromatic rings. The first kappa shape index (κ1) is 16.8. The van der Waals surface area contributed by atoms with Gasteiger partial charge in [0.25, 0.3) is 5.91 Å². The summed E-state index contributed by atoms with van der Waals surface area (Å²) in [5, 5.41) is 14.9. The maximum absolute atomic E-state index is 12.9. The highest BCUT2D eigenvalue weighted by Crippen LogP contribution is 2.33. The minimum atomic E-state index is -0.931. The number of benzene rings is 1. The van der Waals surface area contributed by atoms with Crippen LogP contribution in [0.1, 0.15) is 33.8 Å². The lowest BCUT2D eigenvalue weighted by atomic mass is 10.2. The van der Waals surface area contributed by atoms with Gasteiger partial charge in [-0.3, -0.25) is 4.79 Å². The van der Waals surface area contributed by atoms with E-state index in [2.05, 4.69) is 5.10 Å². The normalized spacial score (nSPS) is 17.2. The van der Waals surface area contributed by atoms with Crippen LogP contribution in [0.25, 0.3) is 15.9 Å². The van der Waals surface area contributed by atoms with Crippen LogP contribution in [0.5, 0.6) is 0 Å². The molecule has 1 atom stereocenters. The van der Waals surface area contributed by atoms with Gasteiger partial charge in [-0.1, -0.05) is 18.2 Å². The lowest BCUT2D eigenvalue weighted by Gasteiger charge is -2.20. The SMILES string of the molecule is Cc1ccccc1-n1nc(C)c2cc(C(=O)N3CCCC3C(=O)O)sc21. The van der Waals surface area contributed by atoms with Crippen molar-refractivity contribution in [3.63, 3.8) is 0 Å². The minimum absolute atomic E-state index is 0.202. The number of para-hydroxylation sites is 1. The highest BCUT2D eigenvalue weighted by Gasteiger charge is 2.35. The van der Waals surface area contributed by atoms with Crippen LogP contribution in [0, 0.1) is 13.8 Å². The van der Waals surface area contributed by atoms with Gasteiger partial charge in [-0.15, -0.1) is 11.3 Å². The van der Waals surface area contributed by atoms with Crippen molar-refractivity contribution in [1.82, 2.24) is 14.7 Å². The first-order valence-electron chi connectivity index (χ1n) is 8.56. The van der Waals surface area contributed by atoms with Gasteiger partial charge in [0, 0.05) is 11.9 Å². The Hall–Kier alpha value is -2.67. The number of amides is 1. The number of aliphatic carboxylic acids is 1. The van der Waals surface area contributed by atoms with Crippen LogP contribution in [0.4, 0.5) is 0 Å². The van der Waals surface area contributed by atoms with Gasteiger partial charge in [0.05, 0.1) is 16.3 Å². The molecule has 26 heavy (non-hydrogen) atoms. The molecule has 1 unspecified atom stereocenters. The van der Waals surface area contributed by atoms with Gasteiger partial charge >= 0.3 is 5.97 Å². The molecule has 1 aromatic carbocycles. The number of carbonyl (C=O) groups is 2. The second-order valence-corrected chi connectivity index (χ2v) is 7.64. The second-order valence-electron chi connectivity index (χ2n) is 6.61. The van der Waals surface area contributed by atoms with E-state index in [1.807, 2.05) is 48.9 Å². The van der Waals surface area contributed by atoms with Crippen LogP contribution in [0.3, 0.4) is 0 Å². The van der Waals surface area contributed by atoms with E-state index in [9.17, 15) is 14.7 Å². The molecule has 1 amide bonds. The fourth-order valence-corrected chi connectivity index (χ4v) is 4.66. The number of thiophene rings is 1. The quantitative estimate of drug-likeness (QED) is 0.768. The lowest BCUT2D eigenvalue weighted by molar-refractivity contribution is -0.141. The zero-order chi connectivity index (χ0) is 18.4. The molecule has 6 nitrogen and oxygen atoms in total. The van der Waals surface area contributed by atoms with Crippen molar-refractivity contribution >= 4 is 33.4 Å². The number of aryl methyl sites for hydroxylation is 2. The highest BCUT2D eigenvalue weighted by atomic mass is 32.1. The Morgan fingerprint density at radius 3 is 2.77 bits per heavy atom. The Balaban J connectivity index is 1.77. The van der Waals surface area contributed by atoms with Gasteiger partial charge in [-0.05, 0) is 44.4 Å². The zero-order valence-corrected chi connectivity index (χ0v) is 15.4. The molecule has 1 aliphatic heterocycles. The first-order chi connectivity index (χ1) is 12.5. The molecular formula is C19H19N3O3S. The van der Waals surface area contributed by atoms with Gasteiger partial charge in [0.2, 0.25) is 0 Å².